The molecule has 2 heteroatoms. The number of rotatable bonds is 3. The van der Waals surface area contributed by atoms with Gasteiger partial charge in [-0.05, 0) is 24.7 Å². The minimum atomic E-state index is -0.686. The second kappa shape index (κ2) is 3.36. The fourth-order valence-corrected chi connectivity index (χ4v) is 1.55. The van der Waals surface area contributed by atoms with Gasteiger partial charge in [0.1, 0.15) is 0 Å². The molecule has 0 rings (SSSR count). The van der Waals surface area contributed by atoms with Gasteiger partial charge in [-0.25, -0.2) is 0 Å². The quantitative estimate of drug-likeness (QED) is 0.626. The first-order valence-corrected chi connectivity index (χ1v) is 5.73. The van der Waals surface area contributed by atoms with Crippen LogP contribution in [-0.2, 0) is 0 Å². The fraction of sp³-hybridized carbons (Fsp3) is 1.00. The van der Waals surface area contributed by atoms with E-state index in [4.69, 9.17) is 5.14 Å². The first-order chi connectivity index (χ1) is 3.56. The molecule has 0 aromatic rings. The fourth-order valence-electron chi connectivity index (χ4n) is 0.516. The van der Waals surface area contributed by atoms with E-state index in [-0.39, 0.29) is 0 Å². The normalized spacial score (nSPS) is 14.0. The van der Waals surface area contributed by atoms with E-state index in [1.54, 1.807) is 0 Å². The van der Waals surface area contributed by atoms with Crippen molar-refractivity contribution < 1.29 is 0 Å². The summed E-state index contributed by atoms with van der Waals surface area (Å²) in [5.41, 5.74) is 0. The van der Waals surface area contributed by atoms with E-state index in [1.807, 2.05) is 0 Å². The van der Waals surface area contributed by atoms with Gasteiger partial charge < -0.3 is 0 Å². The van der Waals surface area contributed by atoms with Crippen molar-refractivity contribution in [1.29, 1.82) is 0 Å². The Morgan fingerprint density at radius 2 is 1.88 bits per heavy atom. The lowest BCUT2D eigenvalue weighted by atomic mass is 10.4. The summed E-state index contributed by atoms with van der Waals surface area (Å²) in [4.78, 5) is 0. The number of hydrogen-bond acceptors (Lipinski definition) is 1. The SMILES string of the molecule is CCCCS(C)(C)N. The standard InChI is InChI=1S/C6H17NS/c1-4-5-6-8(2,3)7/h4-7H2,1-3H3. The van der Waals surface area contributed by atoms with Gasteiger partial charge in [0.2, 0.25) is 0 Å². The van der Waals surface area contributed by atoms with E-state index in [1.165, 1.54) is 18.6 Å². The van der Waals surface area contributed by atoms with Crippen molar-refractivity contribution in [2.75, 3.05) is 18.3 Å². The van der Waals surface area contributed by atoms with Crippen LogP contribution in [0.3, 0.4) is 0 Å². The first-order valence-electron chi connectivity index (χ1n) is 3.05. The molecule has 0 aliphatic rings. The summed E-state index contributed by atoms with van der Waals surface area (Å²) in [6, 6.07) is 0. The van der Waals surface area contributed by atoms with Gasteiger partial charge in [-0.15, -0.1) is 0 Å². The highest BCUT2D eigenvalue weighted by Crippen LogP contribution is 2.29. The zero-order valence-electron chi connectivity index (χ0n) is 6.11. The van der Waals surface area contributed by atoms with Gasteiger partial charge in [-0.3, -0.25) is 5.14 Å². The van der Waals surface area contributed by atoms with E-state index in [2.05, 4.69) is 19.4 Å². The van der Waals surface area contributed by atoms with Crippen LogP contribution in [0.5, 0.6) is 0 Å². The Bertz CT molecular complexity index is 56.0. The Balaban J connectivity index is 3.11. The maximum atomic E-state index is 5.80. The molecule has 0 aliphatic heterocycles. The van der Waals surface area contributed by atoms with E-state index < -0.39 is 10.2 Å². The molecule has 0 radical (unpaired) electrons. The molecule has 0 spiro atoms. The van der Waals surface area contributed by atoms with Crippen molar-refractivity contribution in [1.82, 2.24) is 0 Å². The number of nitrogens with two attached hydrogens (primary N) is 1. The third-order valence-electron chi connectivity index (χ3n) is 1.02. The zero-order valence-corrected chi connectivity index (χ0v) is 6.92. The summed E-state index contributed by atoms with van der Waals surface area (Å²) < 4.78 is 0. The average Bonchev–Trinajstić information content (AvgIpc) is 1.59. The molecule has 0 aromatic carbocycles. The van der Waals surface area contributed by atoms with Crippen LogP contribution in [0, 0.1) is 0 Å². The van der Waals surface area contributed by atoms with E-state index >= 15 is 0 Å². The van der Waals surface area contributed by atoms with Gasteiger partial charge in [0.15, 0.2) is 0 Å². The Morgan fingerprint density at radius 3 is 2.00 bits per heavy atom. The van der Waals surface area contributed by atoms with Gasteiger partial charge in [0, 0.05) is 0 Å². The second-order valence-corrected chi connectivity index (χ2v) is 6.34. The molecule has 0 unspecified atom stereocenters. The summed E-state index contributed by atoms with van der Waals surface area (Å²) in [5.74, 6) is 1.23. The molecule has 0 bridgehead atoms. The molecular weight excluding hydrogens is 118 g/mol. The minimum absolute atomic E-state index is 0.686. The van der Waals surface area contributed by atoms with Crippen molar-refractivity contribution in [3.05, 3.63) is 0 Å². The molecule has 0 saturated carbocycles. The Morgan fingerprint density at radius 1 is 1.38 bits per heavy atom. The highest BCUT2D eigenvalue weighted by atomic mass is 32.3. The largest absolute Gasteiger partial charge is 0.295 e. The highest BCUT2D eigenvalue weighted by molar-refractivity contribution is 8.30. The summed E-state index contributed by atoms with van der Waals surface area (Å²) >= 11 is 0. The van der Waals surface area contributed by atoms with Gasteiger partial charge in [-0.2, -0.15) is 10.2 Å². The Kier molecular flexibility index (Phi) is 3.49. The summed E-state index contributed by atoms with van der Waals surface area (Å²) in [5, 5.41) is 5.80. The number of hydrogen-bond donors (Lipinski definition) is 1. The maximum Gasteiger partial charge on any atom is -0.0117 e. The van der Waals surface area contributed by atoms with Crippen molar-refractivity contribution in [3.8, 4) is 0 Å². The van der Waals surface area contributed by atoms with Crippen LogP contribution in [-0.4, -0.2) is 18.3 Å². The third kappa shape index (κ3) is 6.31. The van der Waals surface area contributed by atoms with Crippen LogP contribution >= 0.6 is 10.2 Å². The van der Waals surface area contributed by atoms with Gasteiger partial charge in [-0.1, -0.05) is 13.3 Å². The van der Waals surface area contributed by atoms with Crippen LogP contribution < -0.4 is 5.14 Å². The van der Waals surface area contributed by atoms with Crippen molar-refractivity contribution >= 4 is 10.2 Å². The predicted molar refractivity (Wildman–Crippen MR) is 43.4 cm³/mol. The maximum absolute atomic E-state index is 5.80. The van der Waals surface area contributed by atoms with Gasteiger partial charge in [0.25, 0.3) is 0 Å². The highest BCUT2D eigenvalue weighted by Gasteiger charge is 2.00. The smallest absolute Gasteiger partial charge is 0.0117 e. The van der Waals surface area contributed by atoms with Crippen LogP contribution in [0.2, 0.25) is 0 Å². The van der Waals surface area contributed by atoms with Crippen LogP contribution in [0.25, 0.3) is 0 Å². The van der Waals surface area contributed by atoms with E-state index in [0.29, 0.717) is 0 Å². The summed E-state index contributed by atoms with van der Waals surface area (Å²) in [6.07, 6.45) is 6.87. The monoisotopic (exact) mass is 135 g/mol. The predicted octanol–water partition coefficient (Wildman–Crippen LogP) is 1.72. The molecule has 1 nitrogen and oxygen atoms in total. The first kappa shape index (κ1) is 8.31. The second-order valence-electron chi connectivity index (χ2n) is 2.68. The molecule has 0 amide bonds. The molecule has 0 fully saturated rings. The summed E-state index contributed by atoms with van der Waals surface area (Å²) in [7, 11) is -0.686. The van der Waals surface area contributed by atoms with Crippen molar-refractivity contribution in [2.45, 2.75) is 19.8 Å². The number of unbranched alkanes of at least 4 members (excludes halogenated alkanes) is 1. The third-order valence-corrected chi connectivity index (χ3v) is 2.36. The molecule has 52 valence electrons. The summed E-state index contributed by atoms with van der Waals surface area (Å²) in [6.45, 7) is 2.20. The van der Waals surface area contributed by atoms with Gasteiger partial charge >= 0.3 is 0 Å². The minimum Gasteiger partial charge on any atom is -0.295 e. The molecule has 0 saturated heterocycles. The Hall–Kier alpha value is 0.310. The Labute approximate surface area is 54.1 Å². The van der Waals surface area contributed by atoms with Gasteiger partial charge in [0.05, 0.1) is 0 Å². The van der Waals surface area contributed by atoms with E-state index in [9.17, 15) is 0 Å². The van der Waals surface area contributed by atoms with E-state index in [0.717, 1.165) is 0 Å². The molecule has 8 heavy (non-hydrogen) atoms. The van der Waals surface area contributed by atoms with Crippen LogP contribution in [0.1, 0.15) is 19.8 Å². The average molecular weight is 135 g/mol. The molecule has 0 aliphatic carbocycles. The van der Waals surface area contributed by atoms with Crippen LogP contribution in [0.15, 0.2) is 0 Å². The van der Waals surface area contributed by atoms with Crippen molar-refractivity contribution in [3.63, 3.8) is 0 Å². The van der Waals surface area contributed by atoms with Crippen molar-refractivity contribution in [2.24, 2.45) is 5.14 Å². The molecule has 2 N–H and O–H groups in total. The molecule has 0 atom stereocenters. The lowest BCUT2D eigenvalue weighted by Crippen LogP contribution is -2.10. The van der Waals surface area contributed by atoms with Crippen LogP contribution in [0.4, 0.5) is 0 Å². The lowest BCUT2D eigenvalue weighted by molar-refractivity contribution is 0.892. The molecular formula is C6H17NS. The zero-order chi connectivity index (χ0) is 6.62. The lowest BCUT2D eigenvalue weighted by Gasteiger charge is -2.24. The molecule has 0 aromatic heterocycles. The molecule has 0 heterocycles. The topological polar surface area (TPSA) is 26.0 Å².